The summed E-state index contributed by atoms with van der Waals surface area (Å²) in [5.41, 5.74) is 7.22. The molecule has 0 radical (unpaired) electrons. The summed E-state index contributed by atoms with van der Waals surface area (Å²) in [6, 6.07) is 10.1. The summed E-state index contributed by atoms with van der Waals surface area (Å²) in [6.45, 7) is 0.567. The lowest BCUT2D eigenvalue weighted by Crippen LogP contribution is -2.05. The summed E-state index contributed by atoms with van der Waals surface area (Å²) >= 11 is 0. The first kappa shape index (κ1) is 10.7. The van der Waals surface area contributed by atoms with E-state index in [0.29, 0.717) is 25.1 Å². The molecule has 2 nitrogen and oxygen atoms in total. The maximum absolute atomic E-state index is 7.52. The molecule has 0 saturated heterocycles. The molecule has 0 fully saturated rings. The summed E-state index contributed by atoms with van der Waals surface area (Å²) in [6.07, 6.45) is 5.43. The highest BCUT2D eigenvalue weighted by Gasteiger charge is 1.90. The van der Waals surface area contributed by atoms with Gasteiger partial charge < -0.3 is 11.1 Å². The summed E-state index contributed by atoms with van der Waals surface area (Å²) in [7, 11) is 0. The molecule has 0 heterocycles. The molecule has 0 amide bonds. The second-order valence-electron chi connectivity index (χ2n) is 3.16. The van der Waals surface area contributed by atoms with Gasteiger partial charge in [-0.3, -0.25) is 0 Å². The average Bonchev–Trinajstić information content (AvgIpc) is 2.20. The number of allylic oxidation sites excluding steroid dienone is 1. The van der Waals surface area contributed by atoms with E-state index < -0.39 is 0 Å². The number of rotatable bonds is 5. The van der Waals surface area contributed by atoms with Crippen molar-refractivity contribution in [2.24, 2.45) is 5.73 Å². The molecule has 0 spiro atoms. The Kier molecular flexibility index (Phi) is 4.65. The Hall–Kier alpha value is -1.41. The molecule has 1 aromatic carbocycles. The summed E-state index contributed by atoms with van der Waals surface area (Å²) < 4.78 is 0. The van der Waals surface area contributed by atoms with Gasteiger partial charge in [-0.25, -0.2) is 0 Å². The molecule has 0 aliphatic rings. The number of hydrogen-bond acceptors (Lipinski definition) is 2. The Bertz CT molecular complexity index is 301. The predicted molar refractivity (Wildman–Crippen MR) is 61.5 cm³/mol. The summed E-state index contributed by atoms with van der Waals surface area (Å²) in [5.74, 6) is 0. The van der Waals surface area contributed by atoms with E-state index in [1.165, 1.54) is 5.56 Å². The fourth-order valence-corrected chi connectivity index (χ4v) is 1.18. The van der Waals surface area contributed by atoms with Crippen LogP contribution in [0.4, 0.5) is 0 Å². The third kappa shape index (κ3) is 4.01. The lowest BCUT2D eigenvalue weighted by molar-refractivity contribution is 1.02. The molecule has 0 aromatic heterocycles. The monoisotopic (exact) mass is 188 g/mol. The van der Waals surface area contributed by atoms with Crippen LogP contribution in [0, 0.1) is 5.41 Å². The predicted octanol–water partition coefficient (Wildman–Crippen LogP) is 2.46. The van der Waals surface area contributed by atoms with Crippen LogP contribution in [0.2, 0.25) is 0 Å². The van der Waals surface area contributed by atoms with Gasteiger partial charge in [0.25, 0.3) is 0 Å². The molecule has 3 N–H and O–H groups in total. The molecule has 0 bridgehead atoms. The number of hydrogen-bond donors (Lipinski definition) is 2. The molecule has 0 aliphatic carbocycles. The first-order valence-corrected chi connectivity index (χ1v) is 4.81. The van der Waals surface area contributed by atoms with Crippen LogP contribution in [0.15, 0.2) is 36.4 Å². The van der Waals surface area contributed by atoms with Crippen LogP contribution in [0.1, 0.15) is 18.4 Å². The third-order valence-corrected chi connectivity index (χ3v) is 1.92. The number of nitrogens with two attached hydrogens (primary N) is 1. The van der Waals surface area contributed by atoms with Gasteiger partial charge >= 0.3 is 0 Å². The maximum Gasteiger partial charge on any atom is 0.0139 e. The van der Waals surface area contributed by atoms with Crippen LogP contribution in [-0.2, 0) is 0 Å². The molecule has 0 unspecified atom stereocenters. The summed E-state index contributed by atoms with van der Waals surface area (Å²) in [5, 5.41) is 7.52. The number of nitrogens with one attached hydrogen (secondary N) is 1. The Balaban J connectivity index is 2.38. The van der Waals surface area contributed by atoms with Crippen molar-refractivity contribution >= 4 is 11.8 Å². The van der Waals surface area contributed by atoms with Gasteiger partial charge in [0.05, 0.1) is 0 Å². The lowest BCUT2D eigenvalue weighted by Gasteiger charge is -1.96. The van der Waals surface area contributed by atoms with Crippen LogP contribution in [0.3, 0.4) is 0 Å². The average molecular weight is 188 g/mol. The van der Waals surface area contributed by atoms with Crippen molar-refractivity contribution in [2.45, 2.75) is 12.8 Å². The van der Waals surface area contributed by atoms with Crippen molar-refractivity contribution < 1.29 is 0 Å². The Morgan fingerprint density at radius 2 is 2.00 bits per heavy atom. The Morgan fingerprint density at radius 1 is 1.29 bits per heavy atom. The lowest BCUT2D eigenvalue weighted by atomic mass is 10.1. The van der Waals surface area contributed by atoms with Crippen molar-refractivity contribution in [1.82, 2.24) is 0 Å². The Labute approximate surface area is 85.0 Å². The minimum Gasteiger partial charge on any atom is -0.330 e. The van der Waals surface area contributed by atoms with Gasteiger partial charge in [0.1, 0.15) is 0 Å². The fraction of sp³-hybridized carbons (Fsp3) is 0.250. The maximum atomic E-state index is 7.52. The highest BCUT2D eigenvalue weighted by molar-refractivity contribution is 5.83. The quantitative estimate of drug-likeness (QED) is 0.685. The SMILES string of the molecule is N=C(CC=Cc1ccccc1)CCN. The van der Waals surface area contributed by atoms with Gasteiger partial charge in [-0.15, -0.1) is 0 Å². The van der Waals surface area contributed by atoms with Crippen molar-refractivity contribution in [1.29, 1.82) is 5.41 Å². The third-order valence-electron chi connectivity index (χ3n) is 1.92. The van der Waals surface area contributed by atoms with E-state index in [9.17, 15) is 0 Å². The molecule has 0 saturated carbocycles. The molecule has 1 rings (SSSR count). The molecule has 14 heavy (non-hydrogen) atoms. The zero-order chi connectivity index (χ0) is 10.2. The standard InChI is InChI=1S/C12H16N2/c13-10-9-12(14)8-4-7-11-5-2-1-3-6-11/h1-7,14H,8-10,13H2. The minimum absolute atomic E-state index is 0.567. The van der Waals surface area contributed by atoms with Crippen LogP contribution >= 0.6 is 0 Å². The van der Waals surface area contributed by atoms with Crippen molar-refractivity contribution in [3.8, 4) is 0 Å². The van der Waals surface area contributed by atoms with Crippen LogP contribution in [-0.4, -0.2) is 12.3 Å². The topological polar surface area (TPSA) is 49.9 Å². The second kappa shape index (κ2) is 6.11. The van der Waals surface area contributed by atoms with E-state index in [1.807, 2.05) is 42.5 Å². The molecular formula is C12H16N2. The molecular weight excluding hydrogens is 172 g/mol. The van der Waals surface area contributed by atoms with E-state index in [2.05, 4.69) is 0 Å². The Morgan fingerprint density at radius 3 is 2.64 bits per heavy atom. The van der Waals surface area contributed by atoms with Crippen LogP contribution < -0.4 is 5.73 Å². The molecule has 0 atom stereocenters. The molecule has 74 valence electrons. The highest BCUT2D eigenvalue weighted by atomic mass is 14.5. The zero-order valence-corrected chi connectivity index (χ0v) is 8.24. The number of benzene rings is 1. The van der Waals surface area contributed by atoms with Crippen molar-refractivity contribution in [2.75, 3.05) is 6.54 Å². The summed E-state index contributed by atoms with van der Waals surface area (Å²) in [4.78, 5) is 0. The normalized spacial score (nSPS) is 10.6. The second-order valence-corrected chi connectivity index (χ2v) is 3.16. The smallest absolute Gasteiger partial charge is 0.0139 e. The van der Waals surface area contributed by atoms with Gasteiger partial charge in [-0.05, 0) is 18.5 Å². The van der Waals surface area contributed by atoms with Gasteiger partial charge in [0.2, 0.25) is 0 Å². The van der Waals surface area contributed by atoms with E-state index in [4.69, 9.17) is 11.1 Å². The molecule has 2 heteroatoms. The van der Waals surface area contributed by atoms with E-state index in [-0.39, 0.29) is 0 Å². The highest BCUT2D eigenvalue weighted by Crippen LogP contribution is 2.02. The fourth-order valence-electron chi connectivity index (χ4n) is 1.18. The zero-order valence-electron chi connectivity index (χ0n) is 8.24. The first-order chi connectivity index (χ1) is 6.83. The molecule has 0 aliphatic heterocycles. The largest absolute Gasteiger partial charge is 0.330 e. The molecule has 1 aromatic rings. The van der Waals surface area contributed by atoms with Gasteiger partial charge in [0, 0.05) is 12.1 Å². The van der Waals surface area contributed by atoms with E-state index >= 15 is 0 Å². The van der Waals surface area contributed by atoms with Crippen LogP contribution in [0.25, 0.3) is 6.08 Å². The van der Waals surface area contributed by atoms with Gasteiger partial charge in [-0.1, -0.05) is 42.5 Å². The minimum atomic E-state index is 0.567. The van der Waals surface area contributed by atoms with Crippen LogP contribution in [0.5, 0.6) is 0 Å². The van der Waals surface area contributed by atoms with Gasteiger partial charge in [0.15, 0.2) is 0 Å². The van der Waals surface area contributed by atoms with Gasteiger partial charge in [-0.2, -0.15) is 0 Å². The van der Waals surface area contributed by atoms with E-state index in [0.717, 1.165) is 0 Å². The van der Waals surface area contributed by atoms with Crippen molar-refractivity contribution in [3.63, 3.8) is 0 Å². The van der Waals surface area contributed by atoms with E-state index in [1.54, 1.807) is 0 Å². The first-order valence-electron chi connectivity index (χ1n) is 4.81. The van der Waals surface area contributed by atoms with Crippen molar-refractivity contribution in [3.05, 3.63) is 42.0 Å².